The molecule has 298 valence electrons. The Bertz CT molecular complexity index is 3360. The Kier molecular flexibility index (Phi) is 8.91. The maximum Gasteiger partial charge on any atom is 0.416 e. The van der Waals surface area contributed by atoms with E-state index in [-0.39, 0.29) is 5.56 Å². The van der Waals surface area contributed by atoms with E-state index in [1.54, 1.807) is 0 Å². The molecule has 0 N–H and O–H groups in total. The Labute approximate surface area is 356 Å². The highest BCUT2D eigenvalue weighted by Gasteiger charge is 2.32. The number of aromatic nitrogens is 2. The van der Waals surface area contributed by atoms with Crippen LogP contribution in [-0.2, 0) is 6.18 Å². The van der Waals surface area contributed by atoms with Gasteiger partial charge >= 0.3 is 6.18 Å². The van der Waals surface area contributed by atoms with Crippen LogP contribution in [0.2, 0.25) is 0 Å². The fraction of sp³-hybridized carbons (Fsp3) is 0.0909. The second-order valence-corrected chi connectivity index (χ2v) is 16.3. The first-order valence-corrected chi connectivity index (χ1v) is 20.3. The van der Waals surface area contributed by atoms with Crippen LogP contribution in [0.3, 0.4) is 0 Å². The lowest BCUT2D eigenvalue weighted by molar-refractivity contribution is -0.137. The summed E-state index contributed by atoms with van der Waals surface area (Å²) in [5.41, 5.74) is 13.3. The van der Waals surface area contributed by atoms with Gasteiger partial charge in [0.2, 0.25) is 0 Å². The number of benzene rings is 8. The van der Waals surface area contributed by atoms with Crippen LogP contribution in [0.1, 0.15) is 38.9 Å². The molecule has 62 heavy (non-hydrogen) atoms. The molecule has 0 saturated heterocycles. The first-order chi connectivity index (χ1) is 29.9. The standard InChI is InChI=1S/C55H37F3N4/c1-32-19-33(2)22-38(21-32)36-13-16-46-44-9-5-7-11-49(44)61(51(46)26-36)53-28-40(43-18-15-42(55(56,57)58)25-41(43)30-59)29-54(48(53)31-60)62-50-12-8-6-10-45(50)47-17-14-37(27-52(47)62)39-23-34(3)20-35(4)24-39/h5-29H,1-4H3. The van der Waals surface area contributed by atoms with Gasteiger partial charge in [0.25, 0.3) is 0 Å². The molecule has 4 nitrogen and oxygen atoms in total. The zero-order valence-corrected chi connectivity index (χ0v) is 34.4. The largest absolute Gasteiger partial charge is 0.416 e. The molecule has 0 atom stereocenters. The fourth-order valence-electron chi connectivity index (χ4n) is 9.40. The number of nitrogens with zero attached hydrogens (tertiary/aromatic N) is 4. The number of hydrogen-bond donors (Lipinski definition) is 0. The van der Waals surface area contributed by atoms with E-state index in [4.69, 9.17) is 0 Å². The summed E-state index contributed by atoms with van der Waals surface area (Å²) in [6.45, 7) is 8.31. The number of halogens is 3. The minimum Gasteiger partial charge on any atom is -0.308 e. The van der Waals surface area contributed by atoms with Crippen molar-refractivity contribution in [2.45, 2.75) is 33.9 Å². The van der Waals surface area contributed by atoms with Gasteiger partial charge in [-0.3, -0.25) is 0 Å². The summed E-state index contributed by atoms with van der Waals surface area (Å²) >= 11 is 0. The van der Waals surface area contributed by atoms with Crippen LogP contribution in [0.25, 0.3) is 88.4 Å². The summed E-state index contributed by atoms with van der Waals surface area (Å²) in [5.74, 6) is 0. The number of hydrogen-bond acceptors (Lipinski definition) is 2. The first kappa shape index (κ1) is 38.3. The molecule has 8 aromatic carbocycles. The van der Waals surface area contributed by atoms with E-state index in [0.29, 0.717) is 28.1 Å². The normalized spacial score (nSPS) is 11.8. The summed E-state index contributed by atoms with van der Waals surface area (Å²) in [4.78, 5) is 0. The van der Waals surface area contributed by atoms with Gasteiger partial charge in [-0.05, 0) is 110 Å². The van der Waals surface area contributed by atoms with E-state index in [1.165, 1.54) is 6.07 Å². The molecule has 2 aromatic heterocycles. The lowest BCUT2D eigenvalue weighted by Crippen LogP contribution is -2.07. The number of nitriles is 2. The average Bonchev–Trinajstić information content (AvgIpc) is 3.76. The second kappa shape index (κ2) is 14.4. The molecule has 0 aliphatic heterocycles. The predicted octanol–water partition coefficient (Wildman–Crippen LogP) is 14.9. The molecule has 0 unspecified atom stereocenters. The Hall–Kier alpha value is -7.87. The quantitative estimate of drug-likeness (QED) is 0.174. The van der Waals surface area contributed by atoms with Crippen LogP contribution in [0.15, 0.2) is 152 Å². The molecular weight excluding hydrogens is 774 g/mol. The molecule has 0 bridgehead atoms. The highest BCUT2D eigenvalue weighted by Crippen LogP contribution is 2.43. The topological polar surface area (TPSA) is 57.4 Å². The maximum absolute atomic E-state index is 14.1. The molecule has 0 amide bonds. The number of para-hydroxylation sites is 2. The van der Waals surface area contributed by atoms with Crippen molar-refractivity contribution in [2.75, 3.05) is 0 Å². The third-order valence-corrected chi connectivity index (χ3v) is 11.9. The van der Waals surface area contributed by atoms with Gasteiger partial charge in [-0.1, -0.05) is 125 Å². The van der Waals surface area contributed by atoms with E-state index in [1.807, 2.05) is 48.5 Å². The van der Waals surface area contributed by atoms with E-state index in [9.17, 15) is 23.7 Å². The summed E-state index contributed by atoms with van der Waals surface area (Å²) in [5, 5.41) is 25.8. The summed E-state index contributed by atoms with van der Waals surface area (Å²) < 4.78 is 46.4. The number of fused-ring (bicyclic) bond motifs is 6. The van der Waals surface area contributed by atoms with Gasteiger partial charge in [0.1, 0.15) is 11.6 Å². The number of rotatable bonds is 5. The molecule has 10 rings (SSSR count). The lowest BCUT2D eigenvalue weighted by atomic mass is 9.95. The molecule has 0 radical (unpaired) electrons. The van der Waals surface area contributed by atoms with Gasteiger partial charge in [0.15, 0.2) is 0 Å². The Balaban J connectivity index is 1.35. The molecule has 0 spiro atoms. The summed E-state index contributed by atoms with van der Waals surface area (Å²) in [6, 6.07) is 53.4. The highest BCUT2D eigenvalue weighted by atomic mass is 19.4. The number of alkyl halides is 3. The van der Waals surface area contributed by atoms with Crippen molar-refractivity contribution in [1.29, 1.82) is 10.5 Å². The van der Waals surface area contributed by atoms with E-state index >= 15 is 0 Å². The summed E-state index contributed by atoms with van der Waals surface area (Å²) in [6.07, 6.45) is -4.64. The zero-order chi connectivity index (χ0) is 43.0. The van der Waals surface area contributed by atoms with Gasteiger partial charge in [0.05, 0.1) is 50.6 Å². The first-order valence-electron chi connectivity index (χ1n) is 20.3. The van der Waals surface area contributed by atoms with Crippen molar-refractivity contribution in [2.24, 2.45) is 0 Å². The van der Waals surface area contributed by atoms with Crippen molar-refractivity contribution in [1.82, 2.24) is 9.13 Å². The lowest BCUT2D eigenvalue weighted by Gasteiger charge is -2.19. The van der Waals surface area contributed by atoms with Gasteiger partial charge in [0, 0.05) is 21.5 Å². The Morgan fingerprint density at radius 1 is 0.419 bits per heavy atom. The van der Waals surface area contributed by atoms with E-state index in [2.05, 4.69) is 134 Å². The van der Waals surface area contributed by atoms with Crippen LogP contribution >= 0.6 is 0 Å². The molecule has 0 saturated carbocycles. The van der Waals surface area contributed by atoms with Gasteiger partial charge in [-0.15, -0.1) is 0 Å². The fourth-order valence-corrected chi connectivity index (χ4v) is 9.40. The van der Waals surface area contributed by atoms with Gasteiger partial charge < -0.3 is 9.13 Å². The summed E-state index contributed by atoms with van der Waals surface area (Å²) in [7, 11) is 0. The highest BCUT2D eigenvalue weighted by molar-refractivity contribution is 6.12. The van der Waals surface area contributed by atoms with Crippen LogP contribution < -0.4 is 0 Å². The molecule has 7 heteroatoms. The maximum atomic E-state index is 14.1. The SMILES string of the molecule is Cc1cc(C)cc(-c2ccc3c4ccccc4n(-c4cc(-c5ccc(C(F)(F)F)cc5C#N)cc(-n5c6ccccc6c6ccc(-c7cc(C)cc(C)c7)cc65)c4C#N)c3c2)c1. The van der Waals surface area contributed by atoms with Crippen molar-refractivity contribution in [3.05, 3.63) is 191 Å². The third kappa shape index (κ3) is 6.30. The third-order valence-electron chi connectivity index (χ3n) is 11.9. The van der Waals surface area contributed by atoms with E-state index in [0.717, 1.165) is 100 Å². The molecule has 0 fully saturated rings. The molecule has 10 aromatic rings. The van der Waals surface area contributed by atoms with Crippen molar-refractivity contribution < 1.29 is 13.2 Å². The van der Waals surface area contributed by atoms with Crippen LogP contribution in [0.4, 0.5) is 13.2 Å². The smallest absolute Gasteiger partial charge is 0.308 e. The molecule has 0 aliphatic rings. The monoisotopic (exact) mass is 810 g/mol. The van der Waals surface area contributed by atoms with Crippen molar-refractivity contribution in [3.63, 3.8) is 0 Å². The van der Waals surface area contributed by atoms with Crippen LogP contribution in [0, 0.1) is 50.4 Å². The van der Waals surface area contributed by atoms with Gasteiger partial charge in [-0.2, -0.15) is 23.7 Å². The minimum absolute atomic E-state index is 0.125. The zero-order valence-electron chi connectivity index (χ0n) is 34.4. The van der Waals surface area contributed by atoms with Crippen molar-refractivity contribution >= 4 is 43.6 Å². The van der Waals surface area contributed by atoms with Crippen molar-refractivity contribution in [3.8, 4) is 56.9 Å². The van der Waals surface area contributed by atoms with Gasteiger partial charge in [-0.25, -0.2) is 0 Å². The average molecular weight is 811 g/mol. The van der Waals surface area contributed by atoms with Crippen LogP contribution in [-0.4, -0.2) is 9.13 Å². The molecule has 2 heterocycles. The minimum atomic E-state index is -4.64. The number of aryl methyl sites for hydroxylation is 4. The Morgan fingerprint density at radius 3 is 1.31 bits per heavy atom. The molecular formula is C55H37F3N4. The molecule has 0 aliphatic carbocycles. The second-order valence-electron chi connectivity index (χ2n) is 16.3. The van der Waals surface area contributed by atoms with Crippen LogP contribution in [0.5, 0.6) is 0 Å². The predicted molar refractivity (Wildman–Crippen MR) is 245 cm³/mol. The Morgan fingerprint density at radius 2 is 0.871 bits per heavy atom. The van der Waals surface area contributed by atoms with E-state index < -0.39 is 11.7 Å².